The zero-order chi connectivity index (χ0) is 17.1. The van der Waals surface area contributed by atoms with Crippen molar-refractivity contribution in [1.29, 1.82) is 0 Å². The third-order valence-electron chi connectivity index (χ3n) is 4.84. The van der Waals surface area contributed by atoms with Crippen LogP contribution in [0.15, 0.2) is 54.6 Å². The van der Waals surface area contributed by atoms with Crippen molar-refractivity contribution >= 4 is 11.7 Å². The minimum Gasteiger partial charge on any atom is -0.376 e. The molecule has 4 nitrogen and oxygen atoms in total. The van der Waals surface area contributed by atoms with Crippen LogP contribution in [-0.4, -0.2) is 18.7 Å². The first kappa shape index (κ1) is 16.2. The molecule has 130 valence electrons. The van der Waals surface area contributed by atoms with Crippen molar-refractivity contribution in [2.24, 2.45) is 5.92 Å². The van der Waals surface area contributed by atoms with Crippen LogP contribution < -0.4 is 10.6 Å². The molecule has 2 aliphatic rings. The van der Waals surface area contributed by atoms with E-state index in [1.807, 2.05) is 42.5 Å². The molecule has 4 heteroatoms. The van der Waals surface area contributed by atoms with Crippen LogP contribution in [-0.2, 0) is 11.3 Å². The number of hydrogen-bond donors (Lipinski definition) is 2. The fraction of sp³-hybridized carbons (Fsp3) is 0.381. The summed E-state index contributed by atoms with van der Waals surface area (Å²) in [5.74, 6) is 1.21. The number of anilines is 1. The van der Waals surface area contributed by atoms with Crippen molar-refractivity contribution in [3.05, 3.63) is 65.7 Å². The van der Waals surface area contributed by atoms with E-state index in [-0.39, 0.29) is 12.1 Å². The normalized spacial score (nSPS) is 21.6. The second-order valence-corrected chi connectivity index (χ2v) is 7.12. The lowest BCUT2D eigenvalue weighted by atomic mass is 10.1. The lowest BCUT2D eigenvalue weighted by Crippen LogP contribution is -2.31. The fourth-order valence-electron chi connectivity index (χ4n) is 3.13. The molecule has 2 saturated carbocycles. The maximum atomic E-state index is 12.2. The maximum Gasteiger partial charge on any atom is 0.319 e. The van der Waals surface area contributed by atoms with Crippen LogP contribution in [0.4, 0.5) is 10.5 Å². The summed E-state index contributed by atoms with van der Waals surface area (Å²) >= 11 is 0. The molecule has 2 aromatic carbocycles. The third kappa shape index (κ3) is 4.60. The van der Waals surface area contributed by atoms with Gasteiger partial charge in [0, 0.05) is 24.3 Å². The van der Waals surface area contributed by atoms with Gasteiger partial charge in [-0.1, -0.05) is 42.5 Å². The summed E-state index contributed by atoms with van der Waals surface area (Å²) in [5, 5.41) is 5.99. The van der Waals surface area contributed by atoms with Crippen LogP contribution in [0, 0.1) is 5.92 Å². The van der Waals surface area contributed by atoms with Crippen molar-refractivity contribution in [2.75, 3.05) is 11.9 Å². The lowest BCUT2D eigenvalue weighted by Gasteiger charge is -2.09. The number of urea groups is 1. The summed E-state index contributed by atoms with van der Waals surface area (Å²) < 4.78 is 5.71. The highest BCUT2D eigenvalue weighted by atomic mass is 16.5. The molecule has 25 heavy (non-hydrogen) atoms. The van der Waals surface area contributed by atoms with Gasteiger partial charge in [-0.05, 0) is 48.4 Å². The number of hydrogen-bond acceptors (Lipinski definition) is 2. The lowest BCUT2D eigenvalue weighted by molar-refractivity contribution is 0.111. The van der Waals surface area contributed by atoms with Gasteiger partial charge in [-0.25, -0.2) is 4.79 Å². The van der Waals surface area contributed by atoms with E-state index in [1.165, 1.54) is 18.4 Å². The number of carbonyl (C=O) groups excluding carboxylic acids is 1. The summed E-state index contributed by atoms with van der Waals surface area (Å²) in [4.78, 5) is 12.2. The zero-order valence-corrected chi connectivity index (χ0v) is 14.3. The average Bonchev–Trinajstić information content (AvgIpc) is 3.53. The summed E-state index contributed by atoms with van der Waals surface area (Å²) in [5.41, 5.74) is 3.19. The molecular formula is C21H24N2O2. The van der Waals surface area contributed by atoms with Crippen LogP contribution in [0.5, 0.6) is 0 Å². The molecule has 0 heterocycles. The van der Waals surface area contributed by atoms with Crippen LogP contribution in [0.2, 0.25) is 0 Å². The predicted molar refractivity (Wildman–Crippen MR) is 98.6 cm³/mol. The number of ether oxygens (including phenoxy) is 1. The van der Waals surface area contributed by atoms with Gasteiger partial charge in [0.25, 0.3) is 0 Å². The van der Waals surface area contributed by atoms with Gasteiger partial charge < -0.3 is 15.4 Å². The summed E-state index contributed by atoms with van der Waals surface area (Å²) in [7, 11) is 0. The van der Waals surface area contributed by atoms with E-state index >= 15 is 0 Å². The largest absolute Gasteiger partial charge is 0.376 e. The van der Waals surface area contributed by atoms with Gasteiger partial charge in [-0.15, -0.1) is 0 Å². The second kappa shape index (κ2) is 7.28. The molecule has 4 rings (SSSR count). The topological polar surface area (TPSA) is 50.4 Å². The molecule has 0 aliphatic heterocycles. The molecule has 2 amide bonds. The zero-order valence-electron chi connectivity index (χ0n) is 14.3. The smallest absolute Gasteiger partial charge is 0.319 e. The van der Waals surface area contributed by atoms with E-state index in [0.717, 1.165) is 30.2 Å². The van der Waals surface area contributed by atoms with E-state index < -0.39 is 0 Å². The number of rotatable bonds is 7. The first-order valence-corrected chi connectivity index (χ1v) is 9.07. The molecule has 2 aromatic rings. The Hall–Kier alpha value is -2.33. The number of benzene rings is 2. The minimum atomic E-state index is -0.139. The van der Waals surface area contributed by atoms with Crippen molar-refractivity contribution < 1.29 is 9.53 Å². The van der Waals surface area contributed by atoms with Gasteiger partial charge >= 0.3 is 6.03 Å². The van der Waals surface area contributed by atoms with Crippen LogP contribution in [0.25, 0.3) is 0 Å². The van der Waals surface area contributed by atoms with Gasteiger partial charge in [0.05, 0.1) is 6.61 Å². The molecule has 0 radical (unpaired) electrons. The van der Waals surface area contributed by atoms with Gasteiger partial charge in [0.15, 0.2) is 0 Å². The summed E-state index contributed by atoms with van der Waals surface area (Å²) in [6, 6.07) is 18.3. The van der Waals surface area contributed by atoms with Crippen molar-refractivity contribution in [1.82, 2.24) is 5.32 Å². The highest BCUT2D eigenvalue weighted by Gasteiger charge is 2.39. The predicted octanol–water partition coefficient (Wildman–Crippen LogP) is 4.29. The molecule has 2 atom stereocenters. The van der Waals surface area contributed by atoms with E-state index in [1.54, 1.807) is 0 Å². The molecule has 0 aromatic heterocycles. The molecule has 0 saturated heterocycles. The van der Waals surface area contributed by atoms with E-state index in [4.69, 9.17) is 4.74 Å². The Morgan fingerprint density at radius 3 is 2.72 bits per heavy atom. The average molecular weight is 336 g/mol. The molecule has 0 bridgehead atoms. The Morgan fingerprint density at radius 2 is 1.92 bits per heavy atom. The minimum absolute atomic E-state index is 0.139. The Labute approximate surface area is 148 Å². The van der Waals surface area contributed by atoms with Gasteiger partial charge in [0.2, 0.25) is 0 Å². The maximum absolute atomic E-state index is 12.2. The highest BCUT2D eigenvalue weighted by molar-refractivity contribution is 5.89. The highest BCUT2D eigenvalue weighted by Crippen LogP contribution is 2.40. The SMILES string of the molecule is O=C(Nc1cccc(COCC2CC2)c1)NC1CC1c1ccccc1. The molecule has 2 fully saturated rings. The van der Waals surface area contributed by atoms with Crippen LogP contribution in [0.3, 0.4) is 0 Å². The van der Waals surface area contributed by atoms with E-state index in [0.29, 0.717) is 12.5 Å². The van der Waals surface area contributed by atoms with Crippen molar-refractivity contribution in [3.8, 4) is 0 Å². The Kier molecular flexibility index (Phi) is 4.70. The third-order valence-corrected chi connectivity index (χ3v) is 4.84. The fourth-order valence-corrected chi connectivity index (χ4v) is 3.13. The Morgan fingerprint density at radius 1 is 1.08 bits per heavy atom. The number of amides is 2. The summed E-state index contributed by atoms with van der Waals surface area (Å²) in [6.07, 6.45) is 3.60. The number of nitrogens with one attached hydrogen (secondary N) is 2. The number of carbonyl (C=O) groups is 1. The first-order valence-electron chi connectivity index (χ1n) is 9.07. The Balaban J connectivity index is 1.25. The molecule has 2 aliphatic carbocycles. The first-order chi connectivity index (χ1) is 12.3. The van der Waals surface area contributed by atoms with Gasteiger partial charge in [-0.2, -0.15) is 0 Å². The Bertz CT molecular complexity index is 728. The molecule has 0 spiro atoms. The van der Waals surface area contributed by atoms with Crippen LogP contribution in [0.1, 0.15) is 36.3 Å². The molecular weight excluding hydrogens is 312 g/mol. The van der Waals surface area contributed by atoms with Crippen molar-refractivity contribution in [2.45, 2.75) is 37.8 Å². The van der Waals surface area contributed by atoms with Crippen molar-refractivity contribution in [3.63, 3.8) is 0 Å². The standard InChI is InChI=1S/C21H24N2O2/c24-21(23-20-12-19(20)17-6-2-1-3-7-17)22-18-8-4-5-16(11-18)14-25-13-15-9-10-15/h1-8,11,15,19-20H,9-10,12-14H2,(H2,22,23,24). The summed E-state index contributed by atoms with van der Waals surface area (Å²) in [6.45, 7) is 1.45. The molecule has 2 unspecified atom stereocenters. The van der Waals surface area contributed by atoms with E-state index in [2.05, 4.69) is 22.8 Å². The van der Waals surface area contributed by atoms with E-state index in [9.17, 15) is 4.79 Å². The quantitative estimate of drug-likeness (QED) is 0.792. The van der Waals surface area contributed by atoms with Crippen LogP contribution >= 0.6 is 0 Å². The molecule has 2 N–H and O–H groups in total. The van der Waals surface area contributed by atoms with Gasteiger partial charge in [-0.3, -0.25) is 0 Å². The van der Waals surface area contributed by atoms with Gasteiger partial charge in [0.1, 0.15) is 0 Å². The monoisotopic (exact) mass is 336 g/mol. The second-order valence-electron chi connectivity index (χ2n) is 7.12.